The quantitative estimate of drug-likeness (QED) is 0.630. The molecule has 3 rings (SSSR count). The van der Waals surface area contributed by atoms with Crippen molar-refractivity contribution in [1.29, 1.82) is 0 Å². The zero-order valence-corrected chi connectivity index (χ0v) is 15.0. The summed E-state index contributed by atoms with van der Waals surface area (Å²) in [5.41, 5.74) is 1.57. The number of nitrogens with zero attached hydrogens (tertiary/aromatic N) is 2. The van der Waals surface area contributed by atoms with E-state index in [9.17, 15) is 4.79 Å². The van der Waals surface area contributed by atoms with Crippen LogP contribution >= 0.6 is 23.2 Å². The fourth-order valence-electron chi connectivity index (χ4n) is 2.27. The normalized spacial score (nSPS) is 10.7. The number of benzene rings is 2. The number of aromatic nitrogens is 2. The van der Waals surface area contributed by atoms with Gasteiger partial charge in [0.25, 0.3) is 5.89 Å². The third-order valence-corrected chi connectivity index (χ3v) is 4.06. The first-order valence-electron chi connectivity index (χ1n) is 7.73. The predicted molar refractivity (Wildman–Crippen MR) is 96.5 cm³/mol. The summed E-state index contributed by atoms with van der Waals surface area (Å²) in [6.45, 7) is 0.0573. The fraction of sp³-hybridized carbons (Fsp3) is 0.167. The topological polar surface area (TPSA) is 85.5 Å². The van der Waals surface area contributed by atoms with Gasteiger partial charge in [-0.3, -0.25) is 4.79 Å². The van der Waals surface area contributed by atoms with Gasteiger partial charge in [0.1, 0.15) is 5.75 Å². The first-order valence-corrected chi connectivity index (χ1v) is 8.48. The molecule has 2 aromatic carbocycles. The molecule has 6 nitrogen and oxygen atoms in total. The maximum Gasteiger partial charge on any atom is 0.303 e. The van der Waals surface area contributed by atoms with Gasteiger partial charge in [-0.25, -0.2) is 0 Å². The van der Waals surface area contributed by atoms with Gasteiger partial charge in [0.15, 0.2) is 6.61 Å². The minimum atomic E-state index is -0.853. The monoisotopic (exact) mass is 392 g/mol. The molecule has 0 unspecified atom stereocenters. The van der Waals surface area contributed by atoms with Crippen molar-refractivity contribution in [2.45, 2.75) is 19.4 Å². The van der Waals surface area contributed by atoms with Crippen LogP contribution in [0.1, 0.15) is 17.9 Å². The summed E-state index contributed by atoms with van der Waals surface area (Å²) in [7, 11) is 0. The molecule has 0 atom stereocenters. The first-order chi connectivity index (χ1) is 12.5. The van der Waals surface area contributed by atoms with Crippen molar-refractivity contribution >= 4 is 29.2 Å². The van der Waals surface area contributed by atoms with E-state index >= 15 is 0 Å². The van der Waals surface area contributed by atoms with E-state index in [1.54, 1.807) is 36.4 Å². The van der Waals surface area contributed by atoms with Gasteiger partial charge >= 0.3 is 5.97 Å². The van der Waals surface area contributed by atoms with E-state index in [0.717, 1.165) is 11.1 Å². The van der Waals surface area contributed by atoms with Crippen molar-refractivity contribution < 1.29 is 19.2 Å². The number of rotatable bonds is 7. The molecule has 0 saturated carbocycles. The molecule has 0 aliphatic heterocycles. The molecule has 26 heavy (non-hydrogen) atoms. The van der Waals surface area contributed by atoms with Crippen LogP contribution < -0.4 is 4.74 Å². The lowest BCUT2D eigenvalue weighted by Gasteiger charge is -2.07. The molecule has 134 valence electrons. The lowest BCUT2D eigenvalue weighted by Crippen LogP contribution is -1.99. The summed E-state index contributed by atoms with van der Waals surface area (Å²) < 4.78 is 10.8. The zero-order valence-electron chi connectivity index (χ0n) is 13.5. The van der Waals surface area contributed by atoms with Crippen LogP contribution in [0.15, 0.2) is 47.0 Å². The Bertz CT molecular complexity index is 927. The maximum absolute atomic E-state index is 10.6. The molecule has 0 fully saturated rings. The molecule has 0 bridgehead atoms. The van der Waals surface area contributed by atoms with E-state index in [1.807, 2.05) is 6.07 Å². The molecule has 1 N–H and O–H groups in total. The number of halogens is 2. The zero-order chi connectivity index (χ0) is 18.5. The molecule has 1 aromatic heterocycles. The number of ether oxygens (including phenoxy) is 1. The van der Waals surface area contributed by atoms with Gasteiger partial charge in [-0.15, -0.1) is 0 Å². The predicted octanol–water partition coefficient (Wildman–Crippen LogP) is 4.64. The molecule has 0 spiro atoms. The van der Waals surface area contributed by atoms with Crippen molar-refractivity contribution in [3.05, 3.63) is 64.0 Å². The van der Waals surface area contributed by atoms with E-state index in [0.29, 0.717) is 33.9 Å². The second kappa shape index (κ2) is 8.21. The molecular weight excluding hydrogens is 379 g/mol. The van der Waals surface area contributed by atoms with Crippen LogP contribution in [0, 0.1) is 0 Å². The third kappa shape index (κ3) is 4.74. The summed E-state index contributed by atoms with van der Waals surface area (Å²) in [4.78, 5) is 14.9. The number of aliphatic carboxylic acids is 1. The van der Waals surface area contributed by atoms with E-state index in [1.165, 1.54) is 0 Å². The lowest BCUT2D eigenvalue weighted by molar-refractivity contribution is -0.136. The lowest BCUT2D eigenvalue weighted by atomic mass is 10.1. The molecule has 0 aliphatic carbocycles. The molecule has 0 amide bonds. The largest absolute Gasteiger partial charge is 0.482 e. The van der Waals surface area contributed by atoms with Gasteiger partial charge in [0, 0.05) is 17.0 Å². The average Bonchev–Trinajstić information content (AvgIpc) is 3.08. The second-order valence-corrected chi connectivity index (χ2v) is 6.31. The number of carbonyl (C=O) groups is 1. The number of carboxylic acid groups (broad SMARTS) is 1. The highest BCUT2D eigenvalue weighted by atomic mass is 35.5. The Morgan fingerprint density at radius 1 is 1.19 bits per heavy atom. The molecule has 0 radical (unpaired) electrons. The summed E-state index contributed by atoms with van der Waals surface area (Å²) in [5.74, 6) is 0.314. The Labute approximate surface area is 159 Å². The van der Waals surface area contributed by atoms with Gasteiger partial charge in [-0.1, -0.05) is 46.6 Å². The Balaban J connectivity index is 1.63. The Kier molecular flexibility index (Phi) is 5.75. The van der Waals surface area contributed by atoms with Crippen LogP contribution in [-0.4, -0.2) is 21.2 Å². The maximum atomic E-state index is 10.6. The van der Waals surface area contributed by atoms with Crippen LogP contribution in [0.4, 0.5) is 0 Å². The minimum absolute atomic E-state index is 0.0464. The van der Waals surface area contributed by atoms with Gasteiger partial charge in [-0.2, -0.15) is 4.98 Å². The number of hydrogen-bond acceptors (Lipinski definition) is 5. The highest BCUT2D eigenvalue weighted by Gasteiger charge is 2.11. The van der Waals surface area contributed by atoms with Crippen LogP contribution in [-0.2, 0) is 17.8 Å². The van der Waals surface area contributed by atoms with Gasteiger partial charge in [0.05, 0.1) is 5.02 Å². The molecule has 0 aliphatic rings. The van der Waals surface area contributed by atoms with Gasteiger partial charge in [0.2, 0.25) is 5.82 Å². The molecular formula is C18H14Cl2N2O4. The van der Waals surface area contributed by atoms with Crippen molar-refractivity contribution in [2.24, 2.45) is 0 Å². The minimum Gasteiger partial charge on any atom is -0.482 e. The van der Waals surface area contributed by atoms with Crippen molar-refractivity contribution in [1.82, 2.24) is 10.1 Å². The van der Waals surface area contributed by atoms with E-state index < -0.39 is 5.97 Å². The van der Waals surface area contributed by atoms with Crippen molar-refractivity contribution in [3.8, 4) is 17.1 Å². The van der Waals surface area contributed by atoms with E-state index in [4.69, 9.17) is 37.6 Å². The van der Waals surface area contributed by atoms with E-state index in [-0.39, 0.29) is 13.0 Å². The van der Waals surface area contributed by atoms with Crippen molar-refractivity contribution in [2.75, 3.05) is 0 Å². The smallest absolute Gasteiger partial charge is 0.303 e. The Morgan fingerprint density at radius 2 is 2.04 bits per heavy atom. The Hall–Kier alpha value is -2.57. The summed E-state index contributed by atoms with van der Waals surface area (Å²) in [6.07, 6.45) is 0.451. The number of carboxylic acids is 1. The van der Waals surface area contributed by atoms with Crippen LogP contribution in [0.2, 0.25) is 10.0 Å². The first kappa shape index (κ1) is 18.2. The molecule has 1 heterocycles. The van der Waals surface area contributed by atoms with Gasteiger partial charge < -0.3 is 14.4 Å². The second-order valence-electron chi connectivity index (χ2n) is 5.47. The van der Waals surface area contributed by atoms with Crippen LogP contribution in [0.25, 0.3) is 11.4 Å². The third-order valence-electron chi connectivity index (χ3n) is 3.53. The SMILES string of the molecule is O=C(O)CCc1ccc(OCc2nc(-c3cccc(Cl)c3)no2)c(Cl)c1. The van der Waals surface area contributed by atoms with Gasteiger partial charge in [-0.05, 0) is 36.2 Å². The molecule has 0 saturated heterocycles. The average molecular weight is 393 g/mol. The van der Waals surface area contributed by atoms with E-state index in [2.05, 4.69) is 10.1 Å². The Morgan fingerprint density at radius 3 is 2.77 bits per heavy atom. The summed E-state index contributed by atoms with van der Waals surface area (Å²) in [5, 5.41) is 13.6. The highest BCUT2D eigenvalue weighted by Crippen LogP contribution is 2.27. The van der Waals surface area contributed by atoms with Crippen LogP contribution in [0.3, 0.4) is 0 Å². The molecule has 8 heteroatoms. The number of hydrogen-bond donors (Lipinski definition) is 1. The fourth-order valence-corrected chi connectivity index (χ4v) is 2.71. The van der Waals surface area contributed by atoms with Crippen LogP contribution in [0.5, 0.6) is 5.75 Å². The standard InChI is InChI=1S/C18H14Cl2N2O4/c19-13-3-1-2-12(9-13)18-21-16(26-22-18)10-25-15-6-4-11(8-14(15)20)5-7-17(23)24/h1-4,6,8-9H,5,7,10H2,(H,23,24). The summed E-state index contributed by atoms with van der Waals surface area (Å²) in [6, 6.07) is 12.3. The van der Waals surface area contributed by atoms with Crippen molar-refractivity contribution in [3.63, 3.8) is 0 Å². The summed E-state index contributed by atoms with van der Waals surface area (Å²) >= 11 is 12.1. The highest BCUT2D eigenvalue weighted by molar-refractivity contribution is 6.32. The number of aryl methyl sites for hydroxylation is 1. The molecule has 3 aromatic rings.